The number of pyridine rings is 2. The molecule has 33 heavy (non-hydrogen) atoms. The van der Waals surface area contributed by atoms with Crippen LogP contribution in [0.15, 0.2) is 79.4 Å². The molecule has 0 saturated carbocycles. The number of nitrogens with one attached hydrogen (secondary N) is 2. The van der Waals surface area contributed by atoms with Crippen molar-refractivity contribution in [2.45, 2.75) is 6.92 Å². The Balaban J connectivity index is 1.94. The zero-order valence-corrected chi connectivity index (χ0v) is 18.3. The molecule has 0 atom stereocenters. The molecule has 0 aliphatic carbocycles. The normalized spacial score (nSPS) is 10.5. The van der Waals surface area contributed by atoms with Gasteiger partial charge in [0.1, 0.15) is 0 Å². The average Bonchev–Trinajstić information content (AvgIpc) is 2.85. The fourth-order valence-electron chi connectivity index (χ4n) is 3.60. The van der Waals surface area contributed by atoms with Gasteiger partial charge in [-0.05, 0) is 48.7 Å². The van der Waals surface area contributed by atoms with Crippen LogP contribution in [0.2, 0.25) is 0 Å². The molecular formula is C25H23N5O3. The Bertz CT molecular complexity index is 1300. The topological polar surface area (TPSA) is 96.5 Å². The monoisotopic (exact) mass is 441 g/mol. The molecular weight excluding hydrogens is 418 g/mol. The highest BCUT2D eigenvalue weighted by molar-refractivity contribution is 6.02. The van der Waals surface area contributed by atoms with Crippen LogP contribution in [0.5, 0.6) is 0 Å². The summed E-state index contributed by atoms with van der Waals surface area (Å²) in [6, 6.07) is 16.4. The number of carbonyl (C=O) groups is 2. The van der Waals surface area contributed by atoms with E-state index in [9.17, 15) is 9.59 Å². The smallest absolute Gasteiger partial charge is 0.337 e. The van der Waals surface area contributed by atoms with Gasteiger partial charge in [0.2, 0.25) is 0 Å². The lowest BCUT2D eigenvalue weighted by Crippen LogP contribution is -2.29. The molecule has 2 N–H and O–H groups in total. The van der Waals surface area contributed by atoms with Crippen LogP contribution < -0.4 is 15.5 Å². The van der Waals surface area contributed by atoms with Crippen LogP contribution in [0.3, 0.4) is 0 Å². The number of urea groups is 1. The molecule has 2 heterocycles. The van der Waals surface area contributed by atoms with Crippen molar-refractivity contribution in [1.29, 1.82) is 0 Å². The van der Waals surface area contributed by atoms with Gasteiger partial charge in [0, 0.05) is 36.2 Å². The number of benzene rings is 2. The third-order valence-electron chi connectivity index (χ3n) is 5.05. The van der Waals surface area contributed by atoms with Gasteiger partial charge in [0.15, 0.2) is 0 Å². The van der Waals surface area contributed by atoms with Crippen LogP contribution >= 0.6 is 0 Å². The molecule has 0 bridgehead atoms. The molecule has 0 aliphatic heterocycles. The predicted octanol–water partition coefficient (Wildman–Crippen LogP) is 5.03. The maximum Gasteiger partial charge on any atom is 0.337 e. The number of carbonyl (C=O) groups excluding carboxylic acids is 2. The highest BCUT2D eigenvalue weighted by Crippen LogP contribution is 2.41. The zero-order valence-electron chi connectivity index (χ0n) is 18.3. The largest absolute Gasteiger partial charge is 0.465 e. The molecule has 0 saturated heterocycles. The number of ether oxygens (including phenoxy) is 1. The van der Waals surface area contributed by atoms with Gasteiger partial charge in [-0.3, -0.25) is 9.97 Å². The zero-order chi connectivity index (χ0) is 23.2. The van der Waals surface area contributed by atoms with Crippen molar-refractivity contribution in [3.8, 4) is 0 Å². The number of aromatic nitrogens is 2. The summed E-state index contributed by atoms with van der Waals surface area (Å²) in [4.78, 5) is 35.0. The molecule has 4 rings (SSSR count). The fourth-order valence-corrected chi connectivity index (χ4v) is 3.60. The molecule has 0 spiro atoms. The summed E-state index contributed by atoms with van der Waals surface area (Å²) in [7, 11) is 1.35. The van der Waals surface area contributed by atoms with E-state index in [1.165, 1.54) is 7.11 Å². The number of rotatable bonds is 6. The average molecular weight is 441 g/mol. The molecule has 0 radical (unpaired) electrons. The van der Waals surface area contributed by atoms with E-state index in [4.69, 9.17) is 4.74 Å². The van der Waals surface area contributed by atoms with Crippen molar-refractivity contribution in [1.82, 2.24) is 15.3 Å². The summed E-state index contributed by atoms with van der Waals surface area (Å²) >= 11 is 0. The lowest BCUT2D eigenvalue weighted by Gasteiger charge is -2.28. The van der Waals surface area contributed by atoms with Gasteiger partial charge >= 0.3 is 12.0 Å². The Labute approximate surface area is 191 Å². The third-order valence-corrected chi connectivity index (χ3v) is 5.05. The van der Waals surface area contributed by atoms with Crippen molar-refractivity contribution in [2.24, 2.45) is 0 Å². The van der Waals surface area contributed by atoms with E-state index in [-0.39, 0.29) is 6.03 Å². The van der Waals surface area contributed by atoms with E-state index in [2.05, 4.69) is 20.6 Å². The van der Waals surface area contributed by atoms with E-state index in [1.807, 2.05) is 48.2 Å². The molecule has 2 aromatic heterocycles. The Morgan fingerprint density at radius 3 is 2.58 bits per heavy atom. The van der Waals surface area contributed by atoms with E-state index in [1.54, 1.807) is 43.0 Å². The number of fused-ring (bicyclic) bond motifs is 1. The summed E-state index contributed by atoms with van der Waals surface area (Å²) in [6.45, 7) is 2.33. The van der Waals surface area contributed by atoms with Gasteiger partial charge in [-0.25, -0.2) is 9.59 Å². The first-order valence-electron chi connectivity index (χ1n) is 10.4. The standard InChI is InChI=1S/C25H23N5O3/c1-3-28-25(32)29-21-16-27-13-11-23(21)30(19-8-4-7-18(14-19)24(31)33-2)22-9-5-6-17-10-12-26-15-20(17)22/h4-16H,3H2,1-2H3,(H2,28,29,32). The van der Waals surface area contributed by atoms with Gasteiger partial charge < -0.3 is 20.3 Å². The number of nitrogens with zero attached hydrogens (tertiary/aromatic N) is 3. The Morgan fingerprint density at radius 1 is 0.970 bits per heavy atom. The SMILES string of the molecule is CCNC(=O)Nc1cnccc1N(c1cccc(C(=O)OC)c1)c1cccc2ccncc12. The predicted molar refractivity (Wildman–Crippen MR) is 128 cm³/mol. The number of esters is 1. The first-order valence-corrected chi connectivity index (χ1v) is 10.4. The van der Waals surface area contributed by atoms with E-state index in [0.29, 0.717) is 29.2 Å². The lowest BCUT2D eigenvalue weighted by molar-refractivity contribution is 0.0600. The summed E-state index contributed by atoms with van der Waals surface area (Å²) in [5, 5.41) is 7.51. The fraction of sp³-hybridized carbons (Fsp3) is 0.120. The maximum atomic E-state index is 12.3. The van der Waals surface area contributed by atoms with Crippen LogP contribution in [0.4, 0.5) is 27.5 Å². The Kier molecular flexibility index (Phi) is 6.45. The van der Waals surface area contributed by atoms with Crippen LogP contribution in [0, 0.1) is 0 Å². The minimum Gasteiger partial charge on any atom is -0.465 e. The highest BCUT2D eigenvalue weighted by atomic mass is 16.5. The van der Waals surface area contributed by atoms with Crippen LogP contribution in [0.1, 0.15) is 17.3 Å². The minimum absolute atomic E-state index is 0.338. The molecule has 0 aliphatic rings. The van der Waals surface area contributed by atoms with Gasteiger partial charge in [0.25, 0.3) is 0 Å². The lowest BCUT2D eigenvalue weighted by atomic mass is 10.1. The number of amides is 2. The van der Waals surface area contributed by atoms with E-state index >= 15 is 0 Å². The van der Waals surface area contributed by atoms with Gasteiger partial charge in [0.05, 0.1) is 35.9 Å². The first-order chi connectivity index (χ1) is 16.1. The molecule has 2 amide bonds. The van der Waals surface area contributed by atoms with E-state index in [0.717, 1.165) is 16.5 Å². The summed E-state index contributed by atoms with van der Waals surface area (Å²) in [6.07, 6.45) is 6.77. The van der Waals surface area contributed by atoms with Crippen molar-refractivity contribution < 1.29 is 14.3 Å². The Hall–Kier alpha value is -4.46. The van der Waals surface area contributed by atoms with Crippen molar-refractivity contribution in [3.63, 3.8) is 0 Å². The first kappa shape index (κ1) is 21.8. The van der Waals surface area contributed by atoms with Crippen LogP contribution in [-0.4, -0.2) is 35.6 Å². The van der Waals surface area contributed by atoms with Crippen molar-refractivity contribution in [2.75, 3.05) is 23.9 Å². The van der Waals surface area contributed by atoms with Crippen molar-refractivity contribution >= 4 is 45.5 Å². The number of anilines is 4. The van der Waals surface area contributed by atoms with Crippen LogP contribution in [0.25, 0.3) is 10.8 Å². The second kappa shape index (κ2) is 9.78. The maximum absolute atomic E-state index is 12.3. The summed E-state index contributed by atoms with van der Waals surface area (Å²) < 4.78 is 4.91. The van der Waals surface area contributed by atoms with Crippen molar-refractivity contribution in [3.05, 3.63) is 84.9 Å². The number of methoxy groups -OCH3 is 1. The second-order valence-electron chi connectivity index (χ2n) is 7.13. The van der Waals surface area contributed by atoms with E-state index < -0.39 is 5.97 Å². The van der Waals surface area contributed by atoms with Crippen LogP contribution in [-0.2, 0) is 4.74 Å². The quantitative estimate of drug-likeness (QED) is 0.408. The number of hydrogen-bond donors (Lipinski definition) is 2. The summed E-state index contributed by atoms with van der Waals surface area (Å²) in [5.41, 5.74) is 3.13. The summed E-state index contributed by atoms with van der Waals surface area (Å²) in [5.74, 6) is -0.438. The van der Waals surface area contributed by atoms with Gasteiger partial charge in [-0.1, -0.05) is 18.2 Å². The second-order valence-corrected chi connectivity index (χ2v) is 7.13. The molecule has 8 nitrogen and oxygen atoms in total. The third kappa shape index (κ3) is 4.59. The van der Waals surface area contributed by atoms with Gasteiger partial charge in [-0.2, -0.15) is 0 Å². The molecule has 0 unspecified atom stereocenters. The van der Waals surface area contributed by atoms with Gasteiger partial charge in [-0.15, -0.1) is 0 Å². The number of hydrogen-bond acceptors (Lipinski definition) is 6. The minimum atomic E-state index is -0.438. The molecule has 8 heteroatoms. The molecule has 2 aromatic carbocycles. The molecule has 4 aromatic rings. The molecule has 166 valence electrons. The molecule has 0 fully saturated rings. The Morgan fingerprint density at radius 2 is 1.76 bits per heavy atom. The highest BCUT2D eigenvalue weighted by Gasteiger charge is 2.20.